The van der Waals surface area contributed by atoms with Crippen LogP contribution in [0.1, 0.15) is 83.1 Å². The molecule has 1 unspecified atom stereocenters. The van der Waals surface area contributed by atoms with Crippen molar-refractivity contribution < 1.29 is 0 Å². The van der Waals surface area contributed by atoms with Gasteiger partial charge in [0.2, 0.25) is 0 Å². The molecule has 0 spiro atoms. The molecular weight excluding hydrogens is 348 g/mol. The average molecular weight is 389 g/mol. The zero-order chi connectivity index (χ0) is 21.6. The molecule has 2 aromatic carbocycles. The van der Waals surface area contributed by atoms with Crippen LogP contribution in [0.25, 0.3) is 5.57 Å². The molecule has 0 radical (unpaired) electrons. The molecule has 156 valence electrons. The maximum absolute atomic E-state index is 4.25. The molecule has 0 saturated heterocycles. The first-order valence-electron chi connectivity index (χ1n) is 11.2. The van der Waals surface area contributed by atoms with Gasteiger partial charge in [0.15, 0.2) is 0 Å². The van der Waals surface area contributed by atoms with E-state index in [1.54, 1.807) is 0 Å². The van der Waals surface area contributed by atoms with Crippen LogP contribution in [0.4, 0.5) is 0 Å². The van der Waals surface area contributed by atoms with Gasteiger partial charge in [-0.2, -0.15) is 0 Å². The van der Waals surface area contributed by atoms with Crippen LogP contribution in [0.2, 0.25) is 0 Å². The van der Waals surface area contributed by atoms with E-state index in [0.29, 0.717) is 5.92 Å². The molecule has 0 nitrogen and oxygen atoms in total. The maximum atomic E-state index is 4.25. The quantitative estimate of drug-likeness (QED) is 0.397. The standard InChI is InChI=1S/C29H40/c1-9-25(15-12-14-24-17-19-26(20-18-24)29(6,7)8)28(23(5)21(2)3)27-16-11-10-13-22(27)4/h10-11,13,16-20,25H,2,9,12,14-15H2,1,3-8H3/b28-23+. The van der Waals surface area contributed by atoms with Gasteiger partial charge >= 0.3 is 0 Å². The summed E-state index contributed by atoms with van der Waals surface area (Å²) in [4.78, 5) is 0. The SMILES string of the molecule is C=C(C)/C(C)=C(/c1ccccc1C)C(CC)CCCc1ccc(C(C)(C)C)cc1. The molecule has 29 heavy (non-hydrogen) atoms. The van der Waals surface area contributed by atoms with Crippen molar-refractivity contribution in [3.63, 3.8) is 0 Å². The molecule has 2 rings (SSSR count). The summed E-state index contributed by atoms with van der Waals surface area (Å²) in [6.45, 7) is 20.0. The van der Waals surface area contributed by atoms with E-state index < -0.39 is 0 Å². The lowest BCUT2D eigenvalue weighted by atomic mass is 9.80. The molecule has 0 fully saturated rings. The normalized spacial score (nSPS) is 13.8. The Morgan fingerprint density at radius 1 is 0.966 bits per heavy atom. The third kappa shape index (κ3) is 6.20. The highest BCUT2D eigenvalue weighted by Crippen LogP contribution is 2.36. The molecule has 0 bridgehead atoms. The molecule has 0 aliphatic rings. The monoisotopic (exact) mass is 388 g/mol. The van der Waals surface area contributed by atoms with E-state index in [1.165, 1.54) is 51.8 Å². The van der Waals surface area contributed by atoms with Gasteiger partial charge in [0.25, 0.3) is 0 Å². The molecule has 0 aromatic heterocycles. The minimum atomic E-state index is 0.221. The van der Waals surface area contributed by atoms with Crippen LogP contribution in [0.15, 0.2) is 66.3 Å². The third-order valence-electron chi connectivity index (χ3n) is 6.22. The summed E-state index contributed by atoms with van der Waals surface area (Å²) in [6.07, 6.45) is 4.74. The molecule has 0 aliphatic carbocycles. The second kappa shape index (κ2) is 10.1. The Bertz CT molecular complexity index is 840. The van der Waals surface area contributed by atoms with Crippen LogP contribution in [0, 0.1) is 12.8 Å². The van der Waals surface area contributed by atoms with Crippen molar-refractivity contribution in [1.82, 2.24) is 0 Å². The van der Waals surface area contributed by atoms with Gasteiger partial charge in [-0.05, 0) is 91.2 Å². The smallest absolute Gasteiger partial charge is 0.0132 e. The van der Waals surface area contributed by atoms with E-state index >= 15 is 0 Å². The zero-order valence-corrected chi connectivity index (χ0v) is 19.7. The van der Waals surface area contributed by atoms with Crippen LogP contribution in [0.5, 0.6) is 0 Å². The molecular formula is C29H40. The van der Waals surface area contributed by atoms with Gasteiger partial charge in [-0.1, -0.05) is 88.4 Å². The molecule has 1 atom stereocenters. The highest BCUT2D eigenvalue weighted by molar-refractivity contribution is 5.75. The molecule has 0 saturated carbocycles. The van der Waals surface area contributed by atoms with Crippen molar-refractivity contribution in [2.45, 2.75) is 79.6 Å². The van der Waals surface area contributed by atoms with Crippen molar-refractivity contribution in [2.75, 3.05) is 0 Å². The first-order valence-corrected chi connectivity index (χ1v) is 11.2. The highest BCUT2D eigenvalue weighted by Gasteiger charge is 2.19. The van der Waals surface area contributed by atoms with Gasteiger partial charge in [0.05, 0.1) is 0 Å². The van der Waals surface area contributed by atoms with Crippen molar-refractivity contribution in [3.8, 4) is 0 Å². The summed E-state index contributed by atoms with van der Waals surface area (Å²) >= 11 is 0. The van der Waals surface area contributed by atoms with Crippen molar-refractivity contribution in [3.05, 3.63) is 88.5 Å². The second-order valence-corrected chi connectivity index (χ2v) is 9.58. The Kier molecular flexibility index (Phi) is 8.08. The zero-order valence-electron chi connectivity index (χ0n) is 19.7. The number of aryl methyl sites for hydroxylation is 2. The lowest BCUT2D eigenvalue weighted by Crippen LogP contribution is -2.10. The molecule has 2 aromatic rings. The van der Waals surface area contributed by atoms with E-state index in [2.05, 4.69) is 104 Å². The van der Waals surface area contributed by atoms with Gasteiger partial charge < -0.3 is 0 Å². The molecule has 0 amide bonds. The summed E-state index contributed by atoms with van der Waals surface area (Å²) < 4.78 is 0. The third-order valence-corrected chi connectivity index (χ3v) is 6.22. The van der Waals surface area contributed by atoms with Gasteiger partial charge in [0.1, 0.15) is 0 Å². The van der Waals surface area contributed by atoms with Crippen LogP contribution >= 0.6 is 0 Å². The summed E-state index contributed by atoms with van der Waals surface area (Å²) in [5.41, 5.74) is 9.88. The molecule has 0 heteroatoms. The van der Waals surface area contributed by atoms with Gasteiger partial charge in [-0.15, -0.1) is 0 Å². The lowest BCUT2D eigenvalue weighted by Gasteiger charge is -2.24. The van der Waals surface area contributed by atoms with E-state index in [-0.39, 0.29) is 5.41 Å². The number of hydrogen-bond donors (Lipinski definition) is 0. The minimum absolute atomic E-state index is 0.221. The van der Waals surface area contributed by atoms with Crippen LogP contribution in [-0.4, -0.2) is 0 Å². The summed E-state index contributed by atoms with van der Waals surface area (Å²) in [7, 11) is 0. The largest absolute Gasteiger partial charge is 0.0958 e. The minimum Gasteiger partial charge on any atom is -0.0958 e. The average Bonchev–Trinajstić information content (AvgIpc) is 2.67. The number of rotatable bonds is 8. The lowest BCUT2D eigenvalue weighted by molar-refractivity contribution is 0.557. The molecule has 0 aliphatic heterocycles. The summed E-state index contributed by atoms with van der Waals surface area (Å²) in [6, 6.07) is 18.0. The fourth-order valence-corrected chi connectivity index (χ4v) is 4.11. The van der Waals surface area contributed by atoms with Crippen molar-refractivity contribution in [1.29, 1.82) is 0 Å². The number of benzene rings is 2. The van der Waals surface area contributed by atoms with Crippen molar-refractivity contribution >= 4 is 5.57 Å². The maximum Gasteiger partial charge on any atom is -0.0132 e. The van der Waals surface area contributed by atoms with E-state index in [0.717, 1.165) is 12.8 Å². The first-order chi connectivity index (χ1) is 13.6. The predicted molar refractivity (Wildman–Crippen MR) is 130 cm³/mol. The molecule has 0 heterocycles. The highest BCUT2D eigenvalue weighted by atomic mass is 14.2. The van der Waals surface area contributed by atoms with Crippen LogP contribution in [0.3, 0.4) is 0 Å². The van der Waals surface area contributed by atoms with E-state index in [4.69, 9.17) is 0 Å². The van der Waals surface area contributed by atoms with Crippen LogP contribution < -0.4 is 0 Å². The first kappa shape index (κ1) is 23.2. The predicted octanol–water partition coefficient (Wildman–Crippen LogP) is 8.69. The van der Waals surface area contributed by atoms with E-state index in [9.17, 15) is 0 Å². The fourth-order valence-electron chi connectivity index (χ4n) is 4.11. The van der Waals surface area contributed by atoms with Crippen molar-refractivity contribution in [2.24, 2.45) is 5.92 Å². The fraction of sp³-hybridized carbons (Fsp3) is 0.448. The Morgan fingerprint density at radius 3 is 2.10 bits per heavy atom. The Balaban J connectivity index is 2.17. The second-order valence-electron chi connectivity index (χ2n) is 9.58. The Morgan fingerprint density at radius 2 is 1.59 bits per heavy atom. The summed E-state index contributed by atoms with van der Waals surface area (Å²) in [5, 5.41) is 0. The number of allylic oxidation sites excluding steroid dienone is 3. The van der Waals surface area contributed by atoms with Crippen LogP contribution in [-0.2, 0) is 11.8 Å². The molecule has 0 N–H and O–H groups in total. The Labute approximate surface area is 179 Å². The van der Waals surface area contributed by atoms with E-state index in [1.807, 2.05) is 0 Å². The van der Waals surface area contributed by atoms with Gasteiger partial charge in [-0.25, -0.2) is 0 Å². The van der Waals surface area contributed by atoms with Gasteiger partial charge in [-0.3, -0.25) is 0 Å². The van der Waals surface area contributed by atoms with Gasteiger partial charge in [0, 0.05) is 0 Å². The Hall–Kier alpha value is -2.08. The summed E-state index contributed by atoms with van der Waals surface area (Å²) in [5.74, 6) is 0.571. The topological polar surface area (TPSA) is 0 Å². The number of hydrogen-bond acceptors (Lipinski definition) is 0.